The molecule has 3 amide bonds. The summed E-state index contributed by atoms with van der Waals surface area (Å²) in [6.07, 6.45) is 4.26. The van der Waals surface area contributed by atoms with Crippen molar-refractivity contribution in [2.45, 2.75) is 88.6 Å². The number of benzene rings is 2. The highest BCUT2D eigenvalue weighted by Gasteiger charge is 2.42. The molecule has 4 fully saturated rings. The number of alkyl halides is 3. The zero-order valence-electron chi connectivity index (χ0n) is 31.8. The first-order chi connectivity index (χ1) is 27.3. The highest BCUT2D eigenvalue weighted by atomic mass is 19.4. The number of hydrogen-bond acceptors (Lipinski definition) is 8. The van der Waals surface area contributed by atoms with Gasteiger partial charge in [-0.1, -0.05) is 12.1 Å². The van der Waals surface area contributed by atoms with Gasteiger partial charge in [0.15, 0.2) is 0 Å². The van der Waals surface area contributed by atoms with Crippen LogP contribution in [0.5, 0.6) is 0 Å². The number of aromatic nitrogens is 5. The molecule has 3 saturated heterocycles. The lowest BCUT2D eigenvalue weighted by Crippen LogP contribution is -2.55. The van der Waals surface area contributed by atoms with E-state index in [1.54, 1.807) is 16.2 Å². The summed E-state index contributed by atoms with van der Waals surface area (Å²) in [5, 5.41) is 10.9. The van der Waals surface area contributed by atoms with Gasteiger partial charge >= 0.3 is 11.9 Å². The van der Waals surface area contributed by atoms with Gasteiger partial charge in [-0.15, -0.1) is 0 Å². The van der Waals surface area contributed by atoms with Crippen LogP contribution in [0.2, 0.25) is 0 Å². The monoisotopic (exact) mass is 783 g/mol. The van der Waals surface area contributed by atoms with Crippen LogP contribution in [0.3, 0.4) is 0 Å². The van der Waals surface area contributed by atoms with Crippen LogP contribution in [0.15, 0.2) is 59.5 Å². The molecule has 5 aromatic rings. The molecular formula is C41H44F3N9O4. The minimum atomic E-state index is -4.65. The van der Waals surface area contributed by atoms with Crippen LogP contribution in [0.4, 0.5) is 24.5 Å². The van der Waals surface area contributed by atoms with Gasteiger partial charge in [-0.3, -0.25) is 38.4 Å². The number of imide groups is 1. The van der Waals surface area contributed by atoms with E-state index in [0.717, 1.165) is 91.9 Å². The number of halogens is 3. The Balaban J connectivity index is 0.838. The van der Waals surface area contributed by atoms with Crippen molar-refractivity contribution in [2.24, 2.45) is 13.0 Å². The largest absolute Gasteiger partial charge is 0.433 e. The molecule has 0 radical (unpaired) electrons. The quantitative estimate of drug-likeness (QED) is 0.200. The highest BCUT2D eigenvalue weighted by Crippen LogP contribution is 2.40. The Hall–Kier alpha value is -5.51. The van der Waals surface area contributed by atoms with E-state index in [2.05, 4.69) is 31.5 Å². The molecule has 3 atom stereocenters. The normalized spacial score (nSPS) is 24.4. The molecule has 1 aliphatic carbocycles. The topological polar surface area (TPSA) is 139 Å². The standard InChI is InChI=1S/C41H44F3N9O4/c1-23-17-31-25(18-30(23)46-38(55)29-5-3-8-35(45-29)41(42,43)44)20-52(48-31)26-11-9-24(10-12-26)19-51-27-13-14-28(51)22-50(21-27)32-6-4-7-33-37(32)49(2)40(57)53(33)34-15-16-36(54)47-39(34)56/h3-8,17-18,20,24,26-28,34H,9-16,19,21-22H2,1-2H3,(H,46,55)(H,47,54,56). The summed E-state index contributed by atoms with van der Waals surface area (Å²) in [6.45, 7) is 4.60. The van der Waals surface area contributed by atoms with Gasteiger partial charge < -0.3 is 10.2 Å². The van der Waals surface area contributed by atoms with E-state index < -0.39 is 29.7 Å². The average molecular weight is 784 g/mol. The molecule has 3 aliphatic heterocycles. The number of nitrogens with zero attached hydrogens (tertiary/aromatic N) is 7. The highest BCUT2D eigenvalue weighted by molar-refractivity contribution is 6.04. The summed E-state index contributed by atoms with van der Waals surface area (Å²) < 4.78 is 44.7. The Morgan fingerprint density at radius 1 is 0.930 bits per heavy atom. The maximum atomic E-state index is 13.5. The minimum Gasteiger partial charge on any atom is -0.367 e. The van der Waals surface area contributed by atoms with Crippen molar-refractivity contribution in [1.29, 1.82) is 0 Å². The Labute approximate surface area is 325 Å². The Kier molecular flexibility index (Phi) is 9.21. The van der Waals surface area contributed by atoms with E-state index in [0.29, 0.717) is 35.6 Å². The molecule has 0 spiro atoms. The lowest BCUT2D eigenvalue weighted by atomic mass is 9.85. The Bertz CT molecular complexity index is 2470. The van der Waals surface area contributed by atoms with Crippen molar-refractivity contribution in [3.8, 4) is 0 Å². The van der Waals surface area contributed by atoms with E-state index in [4.69, 9.17) is 5.10 Å². The minimum absolute atomic E-state index is 0.201. The molecular weight excluding hydrogens is 740 g/mol. The van der Waals surface area contributed by atoms with E-state index in [1.165, 1.54) is 12.1 Å². The SMILES string of the molecule is Cc1cc2nn(C3CCC(CN4C5CCC4CN(c4cccc6c4n(C)c(=O)n6C4CCC(=O)NC4=O)C5)CC3)cc2cc1NC(=O)c1cccc(C(F)(F)F)n1. The zero-order chi connectivity index (χ0) is 39.7. The van der Waals surface area contributed by atoms with Crippen molar-refractivity contribution in [2.75, 3.05) is 29.9 Å². The third-order valence-corrected chi connectivity index (χ3v) is 12.6. The number of pyridine rings is 1. The van der Waals surface area contributed by atoms with Gasteiger partial charge in [0.25, 0.3) is 5.91 Å². The molecule has 4 aliphatic rings. The van der Waals surface area contributed by atoms with Gasteiger partial charge in [-0.2, -0.15) is 18.3 Å². The number of amides is 3. The first-order valence-corrected chi connectivity index (χ1v) is 19.7. The zero-order valence-corrected chi connectivity index (χ0v) is 31.8. The molecule has 57 heavy (non-hydrogen) atoms. The third-order valence-electron chi connectivity index (χ3n) is 12.6. The fraction of sp³-hybridized carbons (Fsp3) is 0.463. The fourth-order valence-electron chi connectivity index (χ4n) is 9.70. The number of anilines is 2. The predicted octanol–water partition coefficient (Wildman–Crippen LogP) is 5.73. The van der Waals surface area contributed by atoms with Gasteiger partial charge in [0.05, 0.1) is 28.3 Å². The van der Waals surface area contributed by atoms with Crippen LogP contribution in [0.25, 0.3) is 21.9 Å². The number of para-hydroxylation sites is 1. The number of carbonyl (C=O) groups excluding carboxylic acids is 3. The molecule has 3 unspecified atom stereocenters. The molecule has 2 N–H and O–H groups in total. The number of hydrogen-bond donors (Lipinski definition) is 2. The second-order valence-corrected chi connectivity index (χ2v) is 16.2. The number of fused-ring (bicyclic) bond motifs is 4. The second-order valence-electron chi connectivity index (χ2n) is 16.2. The number of nitrogens with one attached hydrogen (secondary N) is 2. The number of aryl methyl sites for hydroxylation is 2. The van der Waals surface area contributed by atoms with E-state index in [-0.39, 0.29) is 29.8 Å². The van der Waals surface area contributed by atoms with Crippen molar-refractivity contribution < 1.29 is 27.6 Å². The van der Waals surface area contributed by atoms with E-state index >= 15 is 0 Å². The van der Waals surface area contributed by atoms with Crippen LogP contribution < -0.4 is 21.2 Å². The van der Waals surface area contributed by atoms with Crippen molar-refractivity contribution in [1.82, 2.24) is 34.1 Å². The molecule has 2 bridgehead atoms. The molecule has 6 heterocycles. The van der Waals surface area contributed by atoms with Crippen molar-refractivity contribution in [3.05, 3.63) is 82.2 Å². The summed E-state index contributed by atoms with van der Waals surface area (Å²) in [4.78, 5) is 59.7. The molecule has 1 saturated carbocycles. The lowest BCUT2D eigenvalue weighted by Gasteiger charge is -2.44. The Morgan fingerprint density at radius 3 is 2.37 bits per heavy atom. The summed E-state index contributed by atoms with van der Waals surface area (Å²) >= 11 is 0. The van der Waals surface area contributed by atoms with Crippen LogP contribution in [-0.2, 0) is 22.8 Å². The van der Waals surface area contributed by atoms with Gasteiger partial charge in [-0.25, -0.2) is 9.78 Å². The fourth-order valence-corrected chi connectivity index (χ4v) is 9.70. The molecule has 16 heteroatoms. The van der Waals surface area contributed by atoms with E-state index in [9.17, 15) is 32.3 Å². The van der Waals surface area contributed by atoms with Crippen LogP contribution in [-0.4, -0.2) is 78.2 Å². The van der Waals surface area contributed by atoms with Crippen LogP contribution in [0, 0.1) is 12.8 Å². The lowest BCUT2D eigenvalue weighted by molar-refractivity contribution is -0.141. The van der Waals surface area contributed by atoms with Crippen LogP contribution in [0.1, 0.15) is 85.2 Å². The Morgan fingerprint density at radius 2 is 1.65 bits per heavy atom. The third kappa shape index (κ3) is 6.76. The van der Waals surface area contributed by atoms with Gasteiger partial charge in [0, 0.05) is 62.5 Å². The van der Waals surface area contributed by atoms with Gasteiger partial charge in [0.2, 0.25) is 11.8 Å². The predicted molar refractivity (Wildman–Crippen MR) is 207 cm³/mol. The van der Waals surface area contributed by atoms with Gasteiger partial charge in [-0.05, 0) is 99.7 Å². The molecule has 298 valence electrons. The summed E-state index contributed by atoms with van der Waals surface area (Å²) in [5.74, 6) is -0.886. The average Bonchev–Trinajstić information content (AvgIpc) is 3.78. The molecule has 13 nitrogen and oxygen atoms in total. The second kappa shape index (κ2) is 14.1. The maximum absolute atomic E-state index is 13.5. The number of imidazole rings is 1. The van der Waals surface area contributed by atoms with E-state index in [1.807, 2.05) is 42.1 Å². The maximum Gasteiger partial charge on any atom is 0.433 e. The summed E-state index contributed by atoms with van der Waals surface area (Å²) in [7, 11) is 1.76. The number of carbonyl (C=O) groups is 3. The number of piperidine rings is 1. The summed E-state index contributed by atoms with van der Waals surface area (Å²) in [6, 6.07) is 13.2. The number of rotatable bonds is 7. The smallest absolute Gasteiger partial charge is 0.367 e. The molecule has 3 aromatic heterocycles. The number of piperazine rings is 1. The van der Waals surface area contributed by atoms with Crippen molar-refractivity contribution in [3.63, 3.8) is 0 Å². The molecule has 9 rings (SSSR count). The summed E-state index contributed by atoms with van der Waals surface area (Å²) in [5.41, 5.74) is 2.88. The first kappa shape index (κ1) is 37.1. The molecule has 2 aromatic carbocycles. The van der Waals surface area contributed by atoms with Crippen LogP contribution >= 0.6 is 0 Å². The van der Waals surface area contributed by atoms with Crippen molar-refractivity contribution >= 4 is 51.0 Å². The van der Waals surface area contributed by atoms with Gasteiger partial charge in [0.1, 0.15) is 17.4 Å². The first-order valence-electron chi connectivity index (χ1n) is 19.7.